The Balaban J connectivity index is 3.12. The lowest BCUT2D eigenvalue weighted by atomic mass is 10.2. The SMILES string of the molecule is CC(C)(C)P(C1C=CC(Cl)=C1Cl)C(C)(C)C. The Morgan fingerprint density at radius 3 is 1.69 bits per heavy atom. The van der Waals surface area contributed by atoms with Crippen LogP contribution in [0.5, 0.6) is 0 Å². The molecule has 0 fully saturated rings. The molecule has 0 nitrogen and oxygen atoms in total. The zero-order valence-electron chi connectivity index (χ0n) is 10.9. The van der Waals surface area contributed by atoms with E-state index < -0.39 is 0 Å². The van der Waals surface area contributed by atoms with Gasteiger partial charge in [0.25, 0.3) is 0 Å². The molecule has 0 radical (unpaired) electrons. The van der Waals surface area contributed by atoms with Crippen LogP contribution >= 0.6 is 31.1 Å². The van der Waals surface area contributed by atoms with Crippen molar-refractivity contribution in [1.82, 2.24) is 0 Å². The van der Waals surface area contributed by atoms with Crippen molar-refractivity contribution < 1.29 is 0 Å². The van der Waals surface area contributed by atoms with Crippen LogP contribution in [0.25, 0.3) is 0 Å². The van der Waals surface area contributed by atoms with Crippen molar-refractivity contribution in [2.24, 2.45) is 0 Å². The minimum absolute atomic E-state index is 0.268. The van der Waals surface area contributed by atoms with Crippen LogP contribution in [0.4, 0.5) is 0 Å². The van der Waals surface area contributed by atoms with Crippen molar-refractivity contribution >= 4 is 31.1 Å². The number of hydrogen-bond acceptors (Lipinski definition) is 0. The second kappa shape index (κ2) is 4.63. The first kappa shape index (κ1) is 14.6. The molecular formula is C13H21Cl2P. The molecule has 92 valence electrons. The minimum atomic E-state index is -0.271. The summed E-state index contributed by atoms with van der Waals surface area (Å²) in [6.07, 6.45) is 4.12. The van der Waals surface area contributed by atoms with Gasteiger partial charge in [0, 0.05) is 10.7 Å². The standard InChI is InChI=1S/C13H21Cl2P/c1-12(2,3)16(13(4,5)6)10-8-7-9(14)11(10)15/h7-8,10H,1-6H3. The lowest BCUT2D eigenvalue weighted by molar-refractivity contribution is 0.701. The monoisotopic (exact) mass is 278 g/mol. The summed E-state index contributed by atoms with van der Waals surface area (Å²) >= 11 is 12.4. The third-order valence-electron chi connectivity index (χ3n) is 2.64. The maximum Gasteiger partial charge on any atom is 0.0558 e. The van der Waals surface area contributed by atoms with E-state index in [4.69, 9.17) is 23.2 Å². The molecule has 0 heterocycles. The Bertz CT molecular complexity index is 315. The quantitative estimate of drug-likeness (QED) is 0.541. The summed E-state index contributed by atoms with van der Waals surface area (Å²) < 4.78 is 0. The van der Waals surface area contributed by atoms with E-state index in [-0.39, 0.29) is 18.2 Å². The molecule has 0 saturated carbocycles. The second-order valence-electron chi connectivity index (χ2n) is 6.21. The van der Waals surface area contributed by atoms with E-state index in [1.807, 2.05) is 6.08 Å². The summed E-state index contributed by atoms with van der Waals surface area (Å²) in [6, 6.07) is 0. The molecule has 1 unspecified atom stereocenters. The van der Waals surface area contributed by atoms with Gasteiger partial charge in [-0.1, -0.05) is 78.7 Å². The Kier molecular flexibility index (Phi) is 4.21. The Hall–Kier alpha value is 0.490. The van der Waals surface area contributed by atoms with Crippen LogP contribution in [0.2, 0.25) is 0 Å². The average Bonchev–Trinajstić information content (AvgIpc) is 2.31. The van der Waals surface area contributed by atoms with Crippen LogP contribution in [0, 0.1) is 0 Å². The second-order valence-corrected chi connectivity index (χ2v) is 11.0. The van der Waals surface area contributed by atoms with Crippen molar-refractivity contribution in [3.8, 4) is 0 Å². The van der Waals surface area contributed by atoms with E-state index >= 15 is 0 Å². The maximum absolute atomic E-state index is 6.34. The van der Waals surface area contributed by atoms with Crippen molar-refractivity contribution in [1.29, 1.82) is 0 Å². The number of halogens is 2. The van der Waals surface area contributed by atoms with E-state index in [0.29, 0.717) is 10.7 Å². The third kappa shape index (κ3) is 3.03. The molecule has 0 aliphatic heterocycles. The van der Waals surface area contributed by atoms with Gasteiger partial charge >= 0.3 is 0 Å². The fraction of sp³-hybridized carbons (Fsp3) is 0.692. The van der Waals surface area contributed by atoms with Gasteiger partial charge in [0.1, 0.15) is 0 Å². The highest BCUT2D eigenvalue weighted by atomic mass is 35.5. The molecule has 3 heteroatoms. The van der Waals surface area contributed by atoms with Crippen LogP contribution in [0.1, 0.15) is 41.5 Å². The molecule has 1 aliphatic rings. The summed E-state index contributed by atoms with van der Waals surface area (Å²) in [5.74, 6) is 0. The Morgan fingerprint density at radius 1 is 1.00 bits per heavy atom. The molecule has 1 atom stereocenters. The van der Waals surface area contributed by atoms with Crippen LogP contribution < -0.4 is 0 Å². The number of rotatable bonds is 1. The molecule has 0 N–H and O–H groups in total. The Morgan fingerprint density at radius 2 is 1.44 bits per heavy atom. The van der Waals surface area contributed by atoms with Gasteiger partial charge in [0.05, 0.1) is 5.03 Å². The molecule has 0 bridgehead atoms. The molecule has 1 rings (SSSR count). The van der Waals surface area contributed by atoms with Crippen LogP contribution in [0.15, 0.2) is 22.2 Å². The van der Waals surface area contributed by atoms with Crippen molar-refractivity contribution in [3.63, 3.8) is 0 Å². The molecular weight excluding hydrogens is 258 g/mol. The van der Waals surface area contributed by atoms with Gasteiger partial charge in [0.15, 0.2) is 0 Å². The average molecular weight is 279 g/mol. The zero-order chi connectivity index (χ0) is 12.7. The van der Waals surface area contributed by atoms with Gasteiger partial charge in [-0.05, 0) is 16.4 Å². The number of allylic oxidation sites excluding steroid dienone is 4. The molecule has 0 spiro atoms. The predicted molar refractivity (Wildman–Crippen MR) is 78.1 cm³/mol. The molecule has 0 saturated heterocycles. The van der Waals surface area contributed by atoms with Crippen molar-refractivity contribution in [2.75, 3.05) is 0 Å². The maximum atomic E-state index is 6.34. The molecule has 0 amide bonds. The van der Waals surface area contributed by atoms with Gasteiger partial charge in [-0.25, -0.2) is 0 Å². The van der Waals surface area contributed by atoms with Gasteiger partial charge in [-0.2, -0.15) is 0 Å². The lowest BCUT2D eigenvalue weighted by Gasteiger charge is -2.45. The molecule has 0 aromatic carbocycles. The smallest absolute Gasteiger partial charge is 0.0558 e. The summed E-state index contributed by atoms with van der Waals surface area (Å²) in [7, 11) is -0.271. The first-order chi connectivity index (χ1) is 7.05. The summed E-state index contributed by atoms with van der Waals surface area (Å²) in [5.41, 5.74) is 0.323. The highest BCUT2D eigenvalue weighted by Gasteiger charge is 2.41. The van der Waals surface area contributed by atoms with E-state index in [9.17, 15) is 0 Å². The van der Waals surface area contributed by atoms with Crippen LogP contribution in [0.3, 0.4) is 0 Å². The fourth-order valence-corrected chi connectivity index (χ4v) is 7.52. The fourth-order valence-electron chi connectivity index (χ4n) is 2.52. The van der Waals surface area contributed by atoms with E-state index in [1.54, 1.807) is 0 Å². The highest BCUT2D eigenvalue weighted by Crippen LogP contribution is 2.66. The molecule has 16 heavy (non-hydrogen) atoms. The normalized spacial score (nSPS) is 22.4. The van der Waals surface area contributed by atoms with Gasteiger partial charge in [-0.15, -0.1) is 0 Å². The Labute approximate surface area is 111 Å². The lowest BCUT2D eigenvalue weighted by Crippen LogP contribution is -2.30. The van der Waals surface area contributed by atoms with Crippen LogP contribution in [-0.4, -0.2) is 16.0 Å². The van der Waals surface area contributed by atoms with Gasteiger partial charge < -0.3 is 0 Å². The summed E-state index contributed by atoms with van der Waals surface area (Å²) in [6.45, 7) is 13.8. The number of hydrogen-bond donors (Lipinski definition) is 0. The zero-order valence-corrected chi connectivity index (χ0v) is 13.3. The predicted octanol–water partition coefficient (Wildman–Crippen LogP) is 5.69. The summed E-state index contributed by atoms with van der Waals surface area (Å²) in [5, 5.41) is 2.08. The van der Waals surface area contributed by atoms with Gasteiger partial charge in [0.2, 0.25) is 0 Å². The van der Waals surface area contributed by atoms with E-state index in [0.717, 1.165) is 5.03 Å². The third-order valence-corrected chi connectivity index (χ3v) is 7.53. The molecule has 0 aromatic heterocycles. The van der Waals surface area contributed by atoms with E-state index in [2.05, 4.69) is 47.6 Å². The highest BCUT2D eigenvalue weighted by molar-refractivity contribution is 7.62. The first-order valence-corrected chi connectivity index (χ1v) is 7.74. The van der Waals surface area contributed by atoms with E-state index in [1.165, 1.54) is 0 Å². The van der Waals surface area contributed by atoms with Gasteiger partial charge in [-0.3, -0.25) is 0 Å². The largest absolute Gasteiger partial charge is 0.0865 e. The molecule has 1 aliphatic carbocycles. The van der Waals surface area contributed by atoms with Crippen LogP contribution in [-0.2, 0) is 0 Å². The molecule has 0 aromatic rings. The van der Waals surface area contributed by atoms with Crippen molar-refractivity contribution in [3.05, 3.63) is 22.2 Å². The topological polar surface area (TPSA) is 0 Å². The summed E-state index contributed by atoms with van der Waals surface area (Å²) in [4.78, 5) is 0. The van der Waals surface area contributed by atoms with Crippen molar-refractivity contribution in [2.45, 2.75) is 57.5 Å². The minimum Gasteiger partial charge on any atom is -0.0865 e. The first-order valence-electron chi connectivity index (χ1n) is 5.58.